The summed E-state index contributed by atoms with van der Waals surface area (Å²) in [5.74, 6) is 0.310. The minimum absolute atomic E-state index is 0.0307. The predicted molar refractivity (Wildman–Crippen MR) is 67.6 cm³/mol. The molecule has 0 unspecified atom stereocenters. The number of nitrogens with one attached hydrogen (secondary N) is 1. The SMILES string of the molecule is CCOC(=O)Cc1cc(N2CCNC(=O)C2)ncn1. The summed E-state index contributed by atoms with van der Waals surface area (Å²) >= 11 is 0. The van der Waals surface area contributed by atoms with Gasteiger partial charge in [0, 0.05) is 19.2 Å². The predicted octanol–water partition coefficient (Wildman–Crippen LogP) is -0.482. The molecule has 7 nitrogen and oxygen atoms in total. The Morgan fingerprint density at radius 1 is 1.53 bits per heavy atom. The van der Waals surface area contributed by atoms with Crippen molar-refractivity contribution in [1.29, 1.82) is 0 Å². The van der Waals surface area contributed by atoms with Crippen molar-refractivity contribution in [3.8, 4) is 0 Å². The van der Waals surface area contributed by atoms with Crippen molar-refractivity contribution in [3.63, 3.8) is 0 Å². The molecule has 2 rings (SSSR count). The average molecular weight is 264 g/mol. The van der Waals surface area contributed by atoms with E-state index in [4.69, 9.17) is 4.74 Å². The smallest absolute Gasteiger partial charge is 0.311 e. The Morgan fingerprint density at radius 2 is 2.37 bits per heavy atom. The minimum atomic E-state index is -0.316. The van der Waals surface area contributed by atoms with Gasteiger partial charge in [-0.1, -0.05) is 0 Å². The lowest BCUT2D eigenvalue weighted by atomic mass is 10.2. The van der Waals surface area contributed by atoms with Crippen LogP contribution in [0.1, 0.15) is 12.6 Å². The highest BCUT2D eigenvalue weighted by atomic mass is 16.5. The number of rotatable bonds is 4. The summed E-state index contributed by atoms with van der Waals surface area (Å²) < 4.78 is 4.87. The van der Waals surface area contributed by atoms with Gasteiger partial charge in [0.05, 0.1) is 25.3 Å². The molecule has 1 saturated heterocycles. The maximum absolute atomic E-state index is 11.4. The van der Waals surface area contributed by atoms with Gasteiger partial charge >= 0.3 is 5.97 Å². The molecule has 0 aliphatic carbocycles. The van der Waals surface area contributed by atoms with E-state index in [2.05, 4.69) is 15.3 Å². The molecule has 1 N–H and O–H groups in total. The number of hydrogen-bond acceptors (Lipinski definition) is 6. The largest absolute Gasteiger partial charge is 0.466 e. The highest BCUT2D eigenvalue weighted by molar-refractivity contribution is 5.82. The zero-order chi connectivity index (χ0) is 13.7. The first-order valence-corrected chi connectivity index (χ1v) is 6.17. The van der Waals surface area contributed by atoms with Crippen LogP contribution in [0.2, 0.25) is 0 Å². The minimum Gasteiger partial charge on any atom is -0.466 e. The van der Waals surface area contributed by atoms with Crippen molar-refractivity contribution in [3.05, 3.63) is 18.1 Å². The van der Waals surface area contributed by atoms with Gasteiger partial charge in [-0.05, 0) is 6.92 Å². The summed E-state index contributed by atoms with van der Waals surface area (Å²) in [4.78, 5) is 32.7. The Hall–Kier alpha value is -2.18. The zero-order valence-corrected chi connectivity index (χ0v) is 10.8. The molecule has 0 aromatic carbocycles. The molecule has 1 aromatic heterocycles. The van der Waals surface area contributed by atoms with E-state index in [1.54, 1.807) is 13.0 Å². The van der Waals surface area contributed by atoms with Crippen molar-refractivity contribution >= 4 is 17.7 Å². The average Bonchev–Trinajstić information content (AvgIpc) is 2.39. The second-order valence-electron chi connectivity index (χ2n) is 4.12. The standard InChI is InChI=1S/C12H16N4O3/c1-2-19-12(18)6-9-5-10(15-8-14-9)16-4-3-13-11(17)7-16/h5,8H,2-4,6-7H2,1H3,(H,13,17). The van der Waals surface area contributed by atoms with E-state index in [1.807, 2.05) is 4.90 Å². The maximum atomic E-state index is 11.4. The Bertz CT molecular complexity index is 478. The number of hydrogen-bond donors (Lipinski definition) is 1. The fourth-order valence-electron chi connectivity index (χ4n) is 1.85. The first-order chi connectivity index (χ1) is 9.19. The van der Waals surface area contributed by atoms with Crippen molar-refractivity contribution < 1.29 is 14.3 Å². The van der Waals surface area contributed by atoms with E-state index in [1.165, 1.54) is 6.33 Å². The number of carbonyl (C=O) groups excluding carboxylic acids is 2. The van der Waals surface area contributed by atoms with Crippen LogP contribution in [0.3, 0.4) is 0 Å². The highest BCUT2D eigenvalue weighted by Crippen LogP contribution is 2.12. The Labute approximate surface area is 111 Å². The molecule has 0 radical (unpaired) electrons. The monoisotopic (exact) mass is 264 g/mol. The van der Waals surface area contributed by atoms with Crippen LogP contribution in [-0.2, 0) is 20.7 Å². The molecule has 1 amide bonds. The van der Waals surface area contributed by atoms with Gasteiger partial charge in [0.1, 0.15) is 12.1 Å². The van der Waals surface area contributed by atoms with Crippen LogP contribution in [0.15, 0.2) is 12.4 Å². The quantitative estimate of drug-likeness (QED) is 0.739. The summed E-state index contributed by atoms with van der Waals surface area (Å²) in [6.07, 6.45) is 1.51. The van der Waals surface area contributed by atoms with E-state index in [0.29, 0.717) is 31.2 Å². The second-order valence-corrected chi connectivity index (χ2v) is 4.12. The first kappa shape index (κ1) is 13.3. The van der Waals surface area contributed by atoms with Gasteiger partial charge in [0.15, 0.2) is 0 Å². The van der Waals surface area contributed by atoms with E-state index >= 15 is 0 Å². The van der Waals surface area contributed by atoms with Crippen LogP contribution in [-0.4, -0.2) is 48.1 Å². The van der Waals surface area contributed by atoms with Gasteiger partial charge < -0.3 is 15.0 Å². The molecule has 0 atom stereocenters. The summed E-state index contributed by atoms with van der Waals surface area (Å²) in [7, 11) is 0. The lowest BCUT2D eigenvalue weighted by Crippen LogP contribution is -2.48. The molecule has 2 heterocycles. The van der Waals surface area contributed by atoms with Crippen molar-refractivity contribution in [2.24, 2.45) is 0 Å². The van der Waals surface area contributed by atoms with Crippen molar-refractivity contribution in [2.75, 3.05) is 31.1 Å². The molecule has 0 saturated carbocycles. The summed E-state index contributed by atoms with van der Waals surface area (Å²) in [5.41, 5.74) is 0.592. The number of esters is 1. The van der Waals surface area contributed by atoms with Gasteiger partial charge in [-0.2, -0.15) is 0 Å². The number of piperazine rings is 1. The lowest BCUT2D eigenvalue weighted by Gasteiger charge is -2.27. The van der Waals surface area contributed by atoms with E-state index in [0.717, 1.165) is 0 Å². The third-order valence-corrected chi connectivity index (χ3v) is 2.70. The lowest BCUT2D eigenvalue weighted by molar-refractivity contribution is -0.142. The Kier molecular flexibility index (Phi) is 4.27. The number of carbonyl (C=O) groups is 2. The molecule has 19 heavy (non-hydrogen) atoms. The molecule has 1 aliphatic heterocycles. The number of anilines is 1. The van der Waals surface area contributed by atoms with Crippen LogP contribution in [0.4, 0.5) is 5.82 Å². The van der Waals surface area contributed by atoms with Crippen LogP contribution >= 0.6 is 0 Å². The Balaban J connectivity index is 2.06. The molecular weight excluding hydrogens is 248 g/mol. The molecule has 102 valence electrons. The van der Waals surface area contributed by atoms with Gasteiger partial charge in [-0.25, -0.2) is 9.97 Å². The normalized spacial score (nSPS) is 15.0. The van der Waals surface area contributed by atoms with Crippen LogP contribution in [0.5, 0.6) is 0 Å². The summed E-state index contributed by atoms with van der Waals surface area (Å²) in [6, 6.07) is 1.72. The number of amides is 1. The van der Waals surface area contributed by atoms with Crippen LogP contribution in [0, 0.1) is 0 Å². The van der Waals surface area contributed by atoms with Gasteiger partial charge in [-0.15, -0.1) is 0 Å². The number of aromatic nitrogens is 2. The van der Waals surface area contributed by atoms with Crippen molar-refractivity contribution in [1.82, 2.24) is 15.3 Å². The van der Waals surface area contributed by atoms with Gasteiger partial charge in [0.25, 0.3) is 0 Å². The topological polar surface area (TPSA) is 84.4 Å². The van der Waals surface area contributed by atoms with E-state index < -0.39 is 0 Å². The number of ether oxygens (including phenoxy) is 1. The molecule has 1 aliphatic rings. The fraction of sp³-hybridized carbons (Fsp3) is 0.500. The van der Waals surface area contributed by atoms with E-state index in [-0.39, 0.29) is 24.8 Å². The zero-order valence-electron chi connectivity index (χ0n) is 10.8. The van der Waals surface area contributed by atoms with Crippen LogP contribution < -0.4 is 10.2 Å². The second kappa shape index (κ2) is 6.12. The van der Waals surface area contributed by atoms with E-state index in [9.17, 15) is 9.59 Å². The molecule has 0 bridgehead atoms. The van der Waals surface area contributed by atoms with Gasteiger partial charge in [-0.3, -0.25) is 9.59 Å². The van der Waals surface area contributed by atoms with Crippen LogP contribution in [0.25, 0.3) is 0 Å². The summed E-state index contributed by atoms with van der Waals surface area (Å²) in [6.45, 7) is 3.67. The first-order valence-electron chi connectivity index (χ1n) is 6.17. The summed E-state index contributed by atoms with van der Waals surface area (Å²) in [5, 5.41) is 2.75. The molecule has 7 heteroatoms. The molecule has 1 aromatic rings. The maximum Gasteiger partial charge on any atom is 0.311 e. The van der Waals surface area contributed by atoms with Gasteiger partial charge in [0.2, 0.25) is 5.91 Å². The fourth-order valence-corrected chi connectivity index (χ4v) is 1.85. The molecular formula is C12H16N4O3. The van der Waals surface area contributed by atoms with Crippen molar-refractivity contribution in [2.45, 2.75) is 13.3 Å². The highest BCUT2D eigenvalue weighted by Gasteiger charge is 2.18. The molecule has 0 spiro atoms. The Morgan fingerprint density at radius 3 is 3.11 bits per heavy atom. The third-order valence-electron chi connectivity index (χ3n) is 2.70. The third kappa shape index (κ3) is 3.64. The molecule has 1 fully saturated rings. The number of nitrogens with zero attached hydrogens (tertiary/aromatic N) is 3.